The highest BCUT2D eigenvalue weighted by Crippen LogP contribution is 2.48. The third-order valence-corrected chi connectivity index (χ3v) is 3.76. The zero-order chi connectivity index (χ0) is 8.88. The van der Waals surface area contributed by atoms with Crippen LogP contribution in [-0.2, 0) is 9.59 Å². The number of amides is 1. The second-order valence-corrected chi connectivity index (χ2v) is 4.97. The van der Waals surface area contributed by atoms with Gasteiger partial charge in [0, 0.05) is 0 Å². The summed E-state index contributed by atoms with van der Waals surface area (Å²) in [7, 11) is 0. The lowest BCUT2D eigenvalue weighted by Crippen LogP contribution is -2.48. The quantitative estimate of drug-likeness (QED) is 0.703. The van der Waals surface area contributed by atoms with Gasteiger partial charge >= 0.3 is 5.97 Å². The summed E-state index contributed by atoms with van der Waals surface area (Å²) in [5, 5.41) is 8.74. The molecule has 2 aliphatic heterocycles. The van der Waals surface area contributed by atoms with E-state index in [9.17, 15) is 9.59 Å². The summed E-state index contributed by atoms with van der Waals surface area (Å²) < 4.78 is 0.547. The number of nitrogens with zero attached hydrogens (tertiary/aromatic N) is 1. The lowest BCUT2D eigenvalue weighted by Gasteiger charge is -2.33. The van der Waals surface area contributed by atoms with Crippen LogP contribution >= 0.6 is 27.7 Å². The number of carboxylic acid groups (broad SMARTS) is 1. The number of halogens is 1. The average Bonchev–Trinajstić information content (AvgIpc) is 2.22. The molecule has 64 valence electrons. The van der Waals surface area contributed by atoms with Crippen molar-refractivity contribution < 1.29 is 14.7 Å². The molecule has 1 fully saturated rings. The van der Waals surface area contributed by atoms with E-state index in [-0.39, 0.29) is 17.0 Å². The summed E-state index contributed by atoms with van der Waals surface area (Å²) in [6.07, 6.45) is 0.441. The van der Waals surface area contributed by atoms with Crippen molar-refractivity contribution in [3.8, 4) is 0 Å². The van der Waals surface area contributed by atoms with E-state index in [1.165, 1.54) is 16.7 Å². The number of fused-ring (bicyclic) bond motifs is 1. The fourth-order valence-electron chi connectivity index (χ4n) is 1.21. The first-order valence-corrected chi connectivity index (χ1v) is 4.90. The zero-order valence-corrected chi connectivity index (χ0v) is 8.18. The molecule has 4 nitrogen and oxygen atoms in total. The molecule has 0 aromatic rings. The predicted octanol–water partition coefficient (Wildman–Crippen LogP) is 0.940. The van der Waals surface area contributed by atoms with Crippen molar-refractivity contribution in [1.82, 2.24) is 4.90 Å². The van der Waals surface area contributed by atoms with E-state index in [0.717, 1.165) is 0 Å². The number of aliphatic carboxylic acids is 1. The smallest absolute Gasteiger partial charge is 0.354 e. The molecule has 2 aliphatic rings. The first-order valence-electron chi connectivity index (χ1n) is 3.23. The second kappa shape index (κ2) is 2.50. The predicted molar refractivity (Wildman–Crippen MR) is 46.4 cm³/mol. The van der Waals surface area contributed by atoms with E-state index in [1.54, 1.807) is 0 Å². The van der Waals surface area contributed by atoms with Crippen molar-refractivity contribution in [3.63, 3.8) is 0 Å². The number of hydrogen-bond acceptors (Lipinski definition) is 3. The van der Waals surface area contributed by atoms with Gasteiger partial charge < -0.3 is 5.11 Å². The lowest BCUT2D eigenvalue weighted by molar-refractivity contribution is -0.145. The number of carbonyl (C=O) groups excluding carboxylic acids is 1. The highest BCUT2D eigenvalue weighted by molar-refractivity contribution is 9.14. The van der Waals surface area contributed by atoms with Crippen molar-refractivity contribution in [2.24, 2.45) is 0 Å². The van der Waals surface area contributed by atoms with Crippen LogP contribution in [-0.4, -0.2) is 27.3 Å². The largest absolute Gasteiger partial charge is 0.477 e. The molecule has 2 rings (SSSR count). The van der Waals surface area contributed by atoms with E-state index in [1.807, 2.05) is 0 Å². The van der Waals surface area contributed by atoms with Crippen LogP contribution in [0.1, 0.15) is 6.42 Å². The number of thioether (sulfide) groups is 1. The van der Waals surface area contributed by atoms with Crippen LogP contribution < -0.4 is 0 Å². The Morgan fingerprint density at radius 3 is 2.83 bits per heavy atom. The number of carboxylic acids is 1. The summed E-state index contributed by atoms with van der Waals surface area (Å²) in [6.45, 7) is 0. The molecule has 0 radical (unpaired) electrons. The van der Waals surface area contributed by atoms with Crippen LogP contribution in [0.3, 0.4) is 0 Å². The van der Waals surface area contributed by atoms with E-state index in [0.29, 0.717) is 10.2 Å². The molecule has 1 atom stereocenters. The third-order valence-electron chi connectivity index (χ3n) is 1.78. The van der Waals surface area contributed by atoms with Gasteiger partial charge in [-0.05, 0) is 15.9 Å². The number of β-lactam (4-membered cyclic amide) rings is 1. The van der Waals surface area contributed by atoms with Gasteiger partial charge in [0.2, 0.25) is 5.91 Å². The molecule has 6 heteroatoms. The van der Waals surface area contributed by atoms with E-state index in [4.69, 9.17) is 5.11 Å². The molecule has 0 aromatic heterocycles. The first kappa shape index (κ1) is 8.12. The van der Waals surface area contributed by atoms with Crippen molar-refractivity contribution in [3.05, 3.63) is 9.51 Å². The normalized spacial score (nSPS) is 27.2. The van der Waals surface area contributed by atoms with Crippen molar-refractivity contribution in [1.29, 1.82) is 0 Å². The molecule has 0 aromatic carbocycles. The monoisotopic (exact) mass is 249 g/mol. The van der Waals surface area contributed by atoms with Gasteiger partial charge in [-0.1, -0.05) is 11.8 Å². The molecular weight excluding hydrogens is 246 g/mol. The van der Waals surface area contributed by atoms with Crippen molar-refractivity contribution >= 4 is 39.6 Å². The second-order valence-electron chi connectivity index (χ2n) is 2.47. The van der Waals surface area contributed by atoms with Gasteiger partial charge in [0.05, 0.1) is 15.6 Å². The Bertz CT molecular complexity index is 314. The van der Waals surface area contributed by atoms with Crippen molar-refractivity contribution in [2.45, 2.75) is 11.8 Å². The maximum atomic E-state index is 11.0. The Balaban J connectivity index is 2.34. The maximum absolute atomic E-state index is 11.0. The molecule has 0 aliphatic carbocycles. The fourth-order valence-corrected chi connectivity index (χ4v) is 3.31. The third kappa shape index (κ3) is 0.910. The minimum Gasteiger partial charge on any atom is -0.477 e. The number of hydrogen-bond donors (Lipinski definition) is 1. The Morgan fingerprint density at radius 1 is 1.75 bits per heavy atom. The van der Waals surface area contributed by atoms with Gasteiger partial charge in [-0.15, -0.1) is 0 Å². The fraction of sp³-hybridized carbons (Fsp3) is 0.333. The molecule has 1 N–H and O–H groups in total. The number of rotatable bonds is 1. The van der Waals surface area contributed by atoms with Gasteiger partial charge in [0.25, 0.3) is 0 Å². The van der Waals surface area contributed by atoms with Crippen LogP contribution in [0.5, 0.6) is 0 Å². The van der Waals surface area contributed by atoms with Crippen molar-refractivity contribution in [2.75, 3.05) is 0 Å². The average molecular weight is 250 g/mol. The van der Waals surface area contributed by atoms with Gasteiger partial charge in [-0.2, -0.15) is 0 Å². The Hall–Kier alpha value is -0.490. The molecule has 1 saturated heterocycles. The van der Waals surface area contributed by atoms with Crippen LogP contribution in [0.4, 0.5) is 0 Å². The molecular formula is C6H4BrNO3S. The summed E-state index contributed by atoms with van der Waals surface area (Å²) in [4.78, 5) is 22.9. The Morgan fingerprint density at radius 2 is 2.42 bits per heavy atom. The van der Waals surface area contributed by atoms with E-state index in [2.05, 4.69) is 15.9 Å². The summed E-state index contributed by atoms with van der Waals surface area (Å²) in [5.41, 5.74) is 0.0845. The lowest BCUT2D eigenvalue weighted by atomic mass is 10.2. The minimum absolute atomic E-state index is 0.0120. The van der Waals surface area contributed by atoms with Crippen LogP contribution in [0.15, 0.2) is 9.51 Å². The zero-order valence-electron chi connectivity index (χ0n) is 5.78. The van der Waals surface area contributed by atoms with Gasteiger partial charge in [-0.25, -0.2) is 4.79 Å². The number of carbonyl (C=O) groups is 2. The molecule has 0 unspecified atom stereocenters. The standard InChI is InChI=1S/C6H4BrNO3S/c7-5-4(6(10)11)8-2(9)1-3(8)12-5/h3H,1H2,(H,10,11)/t3-/m1/s1. The first-order chi connectivity index (χ1) is 5.61. The Kier molecular flexibility index (Phi) is 1.69. The van der Waals surface area contributed by atoms with Gasteiger partial charge in [0.15, 0.2) is 5.70 Å². The molecule has 0 saturated carbocycles. The maximum Gasteiger partial charge on any atom is 0.354 e. The SMILES string of the molecule is O=C(O)C1=C(Br)S[C@@H]2CC(=O)N12. The van der Waals surface area contributed by atoms with Gasteiger partial charge in [-0.3, -0.25) is 9.69 Å². The molecule has 1 amide bonds. The summed E-state index contributed by atoms with van der Waals surface area (Å²) >= 11 is 4.50. The molecule has 0 spiro atoms. The molecule has 0 bridgehead atoms. The minimum atomic E-state index is -1.05. The summed E-state index contributed by atoms with van der Waals surface area (Å²) in [6, 6.07) is 0. The van der Waals surface area contributed by atoms with Crippen LogP contribution in [0.2, 0.25) is 0 Å². The molecule has 12 heavy (non-hydrogen) atoms. The highest BCUT2D eigenvalue weighted by Gasteiger charge is 2.47. The topological polar surface area (TPSA) is 57.6 Å². The summed E-state index contributed by atoms with van der Waals surface area (Å²) in [5.74, 6) is -1.16. The van der Waals surface area contributed by atoms with E-state index >= 15 is 0 Å². The van der Waals surface area contributed by atoms with Gasteiger partial charge in [0.1, 0.15) is 0 Å². The van der Waals surface area contributed by atoms with E-state index < -0.39 is 5.97 Å². The highest BCUT2D eigenvalue weighted by atomic mass is 79.9. The Labute approximate surface area is 80.7 Å². The van der Waals surface area contributed by atoms with Crippen LogP contribution in [0.25, 0.3) is 0 Å². The van der Waals surface area contributed by atoms with Crippen LogP contribution in [0, 0.1) is 0 Å². The molecule has 2 heterocycles.